The number of nitro groups is 1. The van der Waals surface area contributed by atoms with Crippen LogP contribution in [0.3, 0.4) is 0 Å². The molecule has 0 heterocycles. The zero-order valence-corrected chi connectivity index (χ0v) is 9.36. The van der Waals surface area contributed by atoms with Gasteiger partial charge in [-0.2, -0.15) is 0 Å². The van der Waals surface area contributed by atoms with E-state index >= 15 is 0 Å². The number of nitrogens with zero attached hydrogens (tertiary/aromatic N) is 1. The molecular weight excluding hydrogens is 261 g/mol. The van der Waals surface area contributed by atoms with Gasteiger partial charge in [0.2, 0.25) is 0 Å². The van der Waals surface area contributed by atoms with Crippen molar-refractivity contribution >= 4 is 17.1 Å². The number of nitrogens with one attached hydrogen (secondary N) is 1. The van der Waals surface area contributed by atoms with Gasteiger partial charge in [0.05, 0.1) is 4.92 Å². The molecule has 0 amide bonds. The summed E-state index contributed by atoms with van der Waals surface area (Å²) < 4.78 is 39.7. The molecule has 0 aromatic heterocycles. The number of hydrogen-bond donors (Lipinski definition) is 1. The maximum Gasteiger partial charge on any atom is 0.269 e. The average molecular weight is 268 g/mol. The molecule has 2 rings (SSSR count). The summed E-state index contributed by atoms with van der Waals surface area (Å²) in [5.41, 5.74) is -0.603. The van der Waals surface area contributed by atoms with E-state index in [-0.39, 0.29) is 11.4 Å². The van der Waals surface area contributed by atoms with Crippen LogP contribution in [-0.4, -0.2) is 4.92 Å². The van der Waals surface area contributed by atoms with E-state index in [1.807, 2.05) is 0 Å². The Hall–Kier alpha value is -2.57. The Bertz CT molecular complexity index is 630. The SMILES string of the molecule is O=[N+]([O-])c1ccc(Nc2c(F)ccc(F)c2F)cc1. The van der Waals surface area contributed by atoms with Crippen LogP contribution in [0.15, 0.2) is 36.4 Å². The molecule has 0 atom stereocenters. The Balaban J connectivity index is 2.31. The minimum atomic E-state index is -1.35. The Labute approximate surface area is 105 Å². The van der Waals surface area contributed by atoms with Crippen LogP contribution in [0, 0.1) is 27.6 Å². The zero-order valence-electron chi connectivity index (χ0n) is 9.36. The van der Waals surface area contributed by atoms with Crippen molar-refractivity contribution in [3.05, 3.63) is 64.0 Å². The van der Waals surface area contributed by atoms with Gasteiger partial charge in [0.15, 0.2) is 11.6 Å². The van der Waals surface area contributed by atoms with Gasteiger partial charge in [-0.05, 0) is 24.3 Å². The number of hydrogen-bond acceptors (Lipinski definition) is 3. The lowest BCUT2D eigenvalue weighted by molar-refractivity contribution is -0.384. The van der Waals surface area contributed by atoms with Crippen LogP contribution in [-0.2, 0) is 0 Å². The monoisotopic (exact) mass is 268 g/mol. The normalized spacial score (nSPS) is 10.3. The molecule has 0 aliphatic rings. The summed E-state index contributed by atoms with van der Waals surface area (Å²) in [6.07, 6.45) is 0. The third kappa shape index (κ3) is 2.65. The molecule has 0 unspecified atom stereocenters. The first-order valence-corrected chi connectivity index (χ1v) is 5.14. The Kier molecular flexibility index (Phi) is 3.37. The predicted octanol–water partition coefficient (Wildman–Crippen LogP) is 3.76. The second-order valence-electron chi connectivity index (χ2n) is 3.65. The molecule has 0 spiro atoms. The zero-order chi connectivity index (χ0) is 14.0. The van der Waals surface area contributed by atoms with E-state index in [1.54, 1.807) is 0 Å². The van der Waals surface area contributed by atoms with Crippen LogP contribution in [0.1, 0.15) is 0 Å². The van der Waals surface area contributed by atoms with Gasteiger partial charge in [0, 0.05) is 17.8 Å². The maximum absolute atomic E-state index is 13.4. The van der Waals surface area contributed by atoms with Gasteiger partial charge < -0.3 is 5.32 Å². The van der Waals surface area contributed by atoms with Gasteiger partial charge in [-0.1, -0.05) is 0 Å². The highest BCUT2D eigenvalue weighted by Crippen LogP contribution is 2.26. The number of nitro benzene ring substituents is 1. The lowest BCUT2D eigenvalue weighted by Gasteiger charge is -2.08. The van der Waals surface area contributed by atoms with Gasteiger partial charge in [0.25, 0.3) is 5.69 Å². The van der Waals surface area contributed by atoms with Crippen LogP contribution >= 0.6 is 0 Å². The summed E-state index contributed by atoms with van der Waals surface area (Å²) in [5.74, 6) is -3.50. The standard InChI is InChI=1S/C12H7F3N2O2/c13-9-5-6-10(14)12(11(9)15)16-7-1-3-8(4-2-7)17(18)19/h1-6,16H. The van der Waals surface area contributed by atoms with Crippen LogP contribution in [0.25, 0.3) is 0 Å². The van der Waals surface area contributed by atoms with Gasteiger partial charge in [-0.3, -0.25) is 10.1 Å². The molecule has 98 valence electrons. The Morgan fingerprint density at radius 1 is 0.947 bits per heavy atom. The number of benzene rings is 2. The molecule has 1 N–H and O–H groups in total. The van der Waals surface area contributed by atoms with Crippen molar-refractivity contribution in [2.45, 2.75) is 0 Å². The van der Waals surface area contributed by atoms with E-state index in [1.165, 1.54) is 12.1 Å². The highest BCUT2D eigenvalue weighted by molar-refractivity contribution is 5.62. The van der Waals surface area contributed by atoms with Crippen molar-refractivity contribution in [1.29, 1.82) is 0 Å². The van der Waals surface area contributed by atoms with E-state index in [2.05, 4.69) is 5.32 Å². The molecule has 2 aromatic rings. The summed E-state index contributed by atoms with van der Waals surface area (Å²) in [7, 11) is 0. The average Bonchev–Trinajstić information content (AvgIpc) is 2.40. The molecular formula is C12H7F3N2O2. The number of non-ortho nitro benzene ring substituents is 1. The number of halogens is 3. The molecule has 7 heteroatoms. The molecule has 0 bridgehead atoms. The quantitative estimate of drug-likeness (QED) is 0.524. The summed E-state index contributed by atoms with van der Waals surface area (Å²) >= 11 is 0. The number of anilines is 2. The Morgan fingerprint density at radius 3 is 2.11 bits per heavy atom. The number of rotatable bonds is 3. The van der Waals surface area contributed by atoms with E-state index in [4.69, 9.17) is 0 Å². The minimum absolute atomic E-state index is 0.161. The van der Waals surface area contributed by atoms with E-state index in [0.717, 1.165) is 18.2 Å². The van der Waals surface area contributed by atoms with Gasteiger partial charge in [0.1, 0.15) is 11.5 Å². The molecule has 4 nitrogen and oxygen atoms in total. The largest absolute Gasteiger partial charge is 0.351 e. The second kappa shape index (κ2) is 4.97. The third-order valence-corrected chi connectivity index (χ3v) is 2.39. The predicted molar refractivity (Wildman–Crippen MR) is 62.7 cm³/mol. The molecule has 0 saturated carbocycles. The summed E-state index contributed by atoms with van der Waals surface area (Å²) in [4.78, 5) is 9.83. The van der Waals surface area contributed by atoms with Crippen LogP contribution in [0.4, 0.5) is 30.2 Å². The van der Waals surface area contributed by atoms with Crippen molar-refractivity contribution in [2.24, 2.45) is 0 Å². The second-order valence-corrected chi connectivity index (χ2v) is 3.65. The van der Waals surface area contributed by atoms with Gasteiger partial charge in [-0.25, -0.2) is 13.2 Å². The fourth-order valence-corrected chi connectivity index (χ4v) is 1.45. The fraction of sp³-hybridized carbons (Fsp3) is 0. The first-order valence-electron chi connectivity index (χ1n) is 5.14. The van der Waals surface area contributed by atoms with Crippen molar-refractivity contribution in [3.63, 3.8) is 0 Å². The summed E-state index contributed by atoms with van der Waals surface area (Å²) in [6.45, 7) is 0. The van der Waals surface area contributed by atoms with Crippen LogP contribution in [0.5, 0.6) is 0 Å². The van der Waals surface area contributed by atoms with Gasteiger partial charge >= 0.3 is 0 Å². The first kappa shape index (κ1) is 12.9. The van der Waals surface area contributed by atoms with E-state index in [0.29, 0.717) is 6.07 Å². The summed E-state index contributed by atoms with van der Waals surface area (Å²) in [6, 6.07) is 6.32. The molecule has 0 radical (unpaired) electrons. The molecule has 0 fully saturated rings. The molecule has 0 aliphatic carbocycles. The first-order chi connectivity index (χ1) is 8.99. The third-order valence-electron chi connectivity index (χ3n) is 2.39. The van der Waals surface area contributed by atoms with E-state index < -0.39 is 28.1 Å². The summed E-state index contributed by atoms with van der Waals surface area (Å²) in [5, 5.41) is 12.8. The lowest BCUT2D eigenvalue weighted by Crippen LogP contribution is -2.00. The van der Waals surface area contributed by atoms with Crippen LogP contribution < -0.4 is 5.32 Å². The fourth-order valence-electron chi connectivity index (χ4n) is 1.45. The maximum atomic E-state index is 13.4. The smallest absolute Gasteiger partial charge is 0.269 e. The molecule has 0 aliphatic heterocycles. The topological polar surface area (TPSA) is 55.2 Å². The van der Waals surface area contributed by atoms with Gasteiger partial charge in [-0.15, -0.1) is 0 Å². The minimum Gasteiger partial charge on any atom is -0.351 e. The highest BCUT2D eigenvalue weighted by atomic mass is 19.2. The van der Waals surface area contributed by atoms with Crippen molar-refractivity contribution < 1.29 is 18.1 Å². The molecule has 19 heavy (non-hydrogen) atoms. The Morgan fingerprint density at radius 2 is 1.53 bits per heavy atom. The lowest BCUT2D eigenvalue weighted by atomic mass is 10.2. The van der Waals surface area contributed by atoms with Crippen molar-refractivity contribution in [1.82, 2.24) is 0 Å². The van der Waals surface area contributed by atoms with Crippen molar-refractivity contribution in [3.8, 4) is 0 Å². The molecule has 0 saturated heterocycles. The van der Waals surface area contributed by atoms with E-state index in [9.17, 15) is 23.3 Å². The highest BCUT2D eigenvalue weighted by Gasteiger charge is 2.14. The van der Waals surface area contributed by atoms with Crippen LogP contribution in [0.2, 0.25) is 0 Å². The van der Waals surface area contributed by atoms with Crippen molar-refractivity contribution in [2.75, 3.05) is 5.32 Å². The molecule has 2 aromatic carbocycles.